The van der Waals surface area contributed by atoms with Crippen LogP contribution < -0.4 is 9.47 Å². The molecule has 2 rings (SSSR count). The van der Waals surface area contributed by atoms with Gasteiger partial charge in [0.05, 0.1) is 13.2 Å². The van der Waals surface area contributed by atoms with Gasteiger partial charge in [0.1, 0.15) is 6.61 Å². The lowest BCUT2D eigenvalue weighted by atomic mass is 10.2. The van der Waals surface area contributed by atoms with E-state index in [-0.39, 0.29) is 6.61 Å². The van der Waals surface area contributed by atoms with Gasteiger partial charge in [-0.2, -0.15) is 0 Å². The Hall–Kier alpha value is -2.00. The van der Waals surface area contributed by atoms with Crippen LogP contribution in [0.4, 0.5) is 0 Å². The smallest absolute Gasteiger partial charge is 0.161 e. The van der Waals surface area contributed by atoms with Crippen molar-refractivity contribution in [1.82, 2.24) is 0 Å². The average molecular weight is 258 g/mol. The Morgan fingerprint density at radius 2 is 1.68 bits per heavy atom. The monoisotopic (exact) mass is 258 g/mol. The first-order valence-corrected chi connectivity index (χ1v) is 6.36. The molecule has 0 aliphatic heterocycles. The van der Waals surface area contributed by atoms with E-state index in [9.17, 15) is 0 Å². The van der Waals surface area contributed by atoms with Crippen LogP contribution in [0.5, 0.6) is 11.5 Å². The van der Waals surface area contributed by atoms with Gasteiger partial charge in [-0.1, -0.05) is 36.4 Å². The maximum Gasteiger partial charge on any atom is 0.161 e. The van der Waals surface area contributed by atoms with Gasteiger partial charge in [0.25, 0.3) is 0 Å². The third-order valence-electron chi connectivity index (χ3n) is 2.73. The van der Waals surface area contributed by atoms with Crippen LogP contribution in [0, 0.1) is 0 Å². The highest BCUT2D eigenvalue weighted by atomic mass is 16.5. The maximum atomic E-state index is 9.13. The zero-order valence-electron chi connectivity index (χ0n) is 11.0. The Kier molecular flexibility index (Phi) is 4.81. The summed E-state index contributed by atoms with van der Waals surface area (Å²) in [7, 11) is 0. The first-order valence-electron chi connectivity index (χ1n) is 6.36. The molecule has 0 saturated carbocycles. The van der Waals surface area contributed by atoms with E-state index in [2.05, 4.69) is 0 Å². The minimum Gasteiger partial charge on any atom is -0.490 e. The largest absolute Gasteiger partial charge is 0.490 e. The summed E-state index contributed by atoms with van der Waals surface area (Å²) in [6.07, 6.45) is 0. The molecule has 0 amide bonds. The molecule has 2 aromatic rings. The predicted molar refractivity (Wildman–Crippen MR) is 74.3 cm³/mol. The van der Waals surface area contributed by atoms with E-state index in [1.54, 1.807) is 0 Å². The molecule has 3 heteroatoms. The third kappa shape index (κ3) is 3.73. The lowest BCUT2D eigenvalue weighted by Crippen LogP contribution is -2.00. The van der Waals surface area contributed by atoms with Crippen molar-refractivity contribution < 1.29 is 14.6 Å². The number of benzene rings is 2. The summed E-state index contributed by atoms with van der Waals surface area (Å²) in [5.41, 5.74) is 1.92. The Morgan fingerprint density at radius 3 is 2.37 bits per heavy atom. The van der Waals surface area contributed by atoms with Gasteiger partial charge in [0.2, 0.25) is 0 Å². The Bertz CT molecular complexity index is 509. The second kappa shape index (κ2) is 6.81. The molecule has 0 unspecified atom stereocenters. The SMILES string of the molecule is CCOc1cc(CO)ccc1OCc1ccccc1. The summed E-state index contributed by atoms with van der Waals surface area (Å²) in [6.45, 7) is 2.99. The van der Waals surface area contributed by atoms with Crippen molar-refractivity contribution in [2.45, 2.75) is 20.1 Å². The summed E-state index contributed by atoms with van der Waals surface area (Å²) < 4.78 is 11.3. The van der Waals surface area contributed by atoms with Crippen molar-refractivity contribution in [2.24, 2.45) is 0 Å². The normalized spacial score (nSPS) is 10.2. The van der Waals surface area contributed by atoms with E-state index in [1.807, 2.05) is 55.5 Å². The van der Waals surface area contributed by atoms with Crippen LogP contribution >= 0.6 is 0 Å². The molecule has 0 aliphatic rings. The molecule has 0 spiro atoms. The fourth-order valence-electron chi connectivity index (χ4n) is 1.77. The van der Waals surface area contributed by atoms with Crippen molar-refractivity contribution in [3.05, 3.63) is 59.7 Å². The average Bonchev–Trinajstić information content (AvgIpc) is 2.47. The number of aliphatic hydroxyl groups is 1. The third-order valence-corrected chi connectivity index (χ3v) is 2.73. The molecule has 100 valence electrons. The minimum atomic E-state index is -0.000953. The predicted octanol–water partition coefficient (Wildman–Crippen LogP) is 3.16. The molecule has 19 heavy (non-hydrogen) atoms. The quantitative estimate of drug-likeness (QED) is 0.865. The molecule has 0 bridgehead atoms. The lowest BCUT2D eigenvalue weighted by molar-refractivity contribution is 0.264. The van der Waals surface area contributed by atoms with Gasteiger partial charge < -0.3 is 14.6 Å². The number of aliphatic hydroxyl groups excluding tert-OH is 1. The van der Waals surface area contributed by atoms with Crippen molar-refractivity contribution in [3.63, 3.8) is 0 Å². The lowest BCUT2D eigenvalue weighted by Gasteiger charge is -2.13. The van der Waals surface area contributed by atoms with Crippen LogP contribution in [-0.2, 0) is 13.2 Å². The highest BCUT2D eigenvalue weighted by Gasteiger charge is 2.06. The molecular weight excluding hydrogens is 240 g/mol. The minimum absolute atomic E-state index is 0.000953. The van der Waals surface area contributed by atoms with Gasteiger partial charge >= 0.3 is 0 Å². The van der Waals surface area contributed by atoms with Crippen molar-refractivity contribution >= 4 is 0 Å². The van der Waals surface area contributed by atoms with Crippen LogP contribution in [-0.4, -0.2) is 11.7 Å². The van der Waals surface area contributed by atoms with Gasteiger partial charge in [-0.15, -0.1) is 0 Å². The van der Waals surface area contributed by atoms with Crippen molar-refractivity contribution in [1.29, 1.82) is 0 Å². The Morgan fingerprint density at radius 1 is 0.895 bits per heavy atom. The number of hydrogen-bond acceptors (Lipinski definition) is 3. The van der Waals surface area contributed by atoms with Gasteiger partial charge in [-0.05, 0) is 30.2 Å². The number of rotatable bonds is 6. The molecule has 3 nitrogen and oxygen atoms in total. The highest BCUT2D eigenvalue weighted by Crippen LogP contribution is 2.29. The van der Waals surface area contributed by atoms with Crippen LogP contribution in [0.15, 0.2) is 48.5 Å². The fraction of sp³-hybridized carbons (Fsp3) is 0.250. The van der Waals surface area contributed by atoms with E-state index in [0.29, 0.717) is 24.7 Å². The molecule has 0 radical (unpaired) electrons. The van der Waals surface area contributed by atoms with Crippen LogP contribution in [0.2, 0.25) is 0 Å². The van der Waals surface area contributed by atoms with Crippen LogP contribution in [0.1, 0.15) is 18.1 Å². The summed E-state index contributed by atoms with van der Waals surface area (Å²) in [6, 6.07) is 15.5. The van der Waals surface area contributed by atoms with Crippen LogP contribution in [0.3, 0.4) is 0 Å². The molecule has 0 fully saturated rings. The van der Waals surface area contributed by atoms with Gasteiger partial charge in [-0.25, -0.2) is 0 Å². The number of hydrogen-bond donors (Lipinski definition) is 1. The van der Waals surface area contributed by atoms with Crippen molar-refractivity contribution in [2.75, 3.05) is 6.61 Å². The zero-order valence-corrected chi connectivity index (χ0v) is 11.0. The maximum absolute atomic E-state index is 9.13. The fourth-order valence-corrected chi connectivity index (χ4v) is 1.77. The topological polar surface area (TPSA) is 38.7 Å². The summed E-state index contributed by atoms with van der Waals surface area (Å²) >= 11 is 0. The van der Waals surface area contributed by atoms with E-state index >= 15 is 0 Å². The highest BCUT2D eigenvalue weighted by molar-refractivity contribution is 5.43. The standard InChI is InChI=1S/C16H18O3/c1-2-18-16-10-14(11-17)8-9-15(16)19-12-13-6-4-3-5-7-13/h3-10,17H,2,11-12H2,1H3. The molecule has 0 aromatic heterocycles. The molecule has 2 aromatic carbocycles. The first kappa shape index (κ1) is 13.4. The molecule has 0 aliphatic carbocycles. The van der Waals surface area contributed by atoms with E-state index in [0.717, 1.165) is 11.1 Å². The molecular formula is C16H18O3. The molecule has 1 N–H and O–H groups in total. The summed E-state index contributed by atoms with van der Waals surface area (Å²) in [5.74, 6) is 1.37. The van der Waals surface area contributed by atoms with Crippen molar-refractivity contribution in [3.8, 4) is 11.5 Å². The second-order valence-corrected chi connectivity index (χ2v) is 4.15. The van der Waals surface area contributed by atoms with E-state index < -0.39 is 0 Å². The van der Waals surface area contributed by atoms with Gasteiger partial charge in [0, 0.05) is 0 Å². The van der Waals surface area contributed by atoms with E-state index in [1.165, 1.54) is 0 Å². The first-order chi connectivity index (χ1) is 9.33. The second-order valence-electron chi connectivity index (χ2n) is 4.15. The zero-order chi connectivity index (χ0) is 13.5. The molecule has 0 saturated heterocycles. The van der Waals surface area contributed by atoms with Gasteiger partial charge in [0.15, 0.2) is 11.5 Å². The van der Waals surface area contributed by atoms with E-state index in [4.69, 9.17) is 14.6 Å². The Balaban J connectivity index is 2.10. The molecule has 0 heterocycles. The summed E-state index contributed by atoms with van der Waals surface area (Å²) in [5, 5.41) is 9.13. The number of ether oxygens (including phenoxy) is 2. The summed E-state index contributed by atoms with van der Waals surface area (Å²) in [4.78, 5) is 0. The van der Waals surface area contributed by atoms with Crippen LogP contribution in [0.25, 0.3) is 0 Å². The molecule has 0 atom stereocenters. The Labute approximate surface area is 113 Å². The van der Waals surface area contributed by atoms with Gasteiger partial charge in [-0.3, -0.25) is 0 Å².